The first-order valence-electron chi connectivity index (χ1n) is 10.5. The molecule has 0 saturated heterocycles. The maximum atomic E-state index is 13.0. The van der Waals surface area contributed by atoms with Gasteiger partial charge in [-0.2, -0.15) is 0 Å². The average molecular weight is 503 g/mol. The van der Waals surface area contributed by atoms with E-state index in [1.54, 1.807) is 51.5 Å². The molecule has 9 heteroatoms. The Morgan fingerprint density at radius 3 is 2.32 bits per heavy atom. The first-order valence-corrected chi connectivity index (χ1v) is 12.3. The number of hydrogen-bond acceptors (Lipinski definition) is 5. The second-order valence-electron chi connectivity index (χ2n) is 7.85. The van der Waals surface area contributed by atoms with Gasteiger partial charge in [-0.05, 0) is 80.4 Å². The predicted molar refractivity (Wildman–Crippen MR) is 134 cm³/mol. The molecule has 0 heterocycles. The summed E-state index contributed by atoms with van der Waals surface area (Å²) in [7, 11) is -0.936. The number of benzene rings is 3. The molecule has 1 unspecified atom stereocenters. The topological polar surface area (TPSA) is 93.7 Å². The molecule has 0 radical (unpaired) electrons. The number of sulfonamides is 1. The quantitative estimate of drug-likeness (QED) is 0.438. The molecule has 0 aliphatic rings. The fraction of sp³-hybridized carbons (Fsp3) is 0.240. The minimum atomic E-state index is -4.03. The molecule has 0 saturated carbocycles. The second-order valence-corrected chi connectivity index (χ2v) is 9.91. The van der Waals surface area contributed by atoms with Crippen molar-refractivity contribution >= 4 is 33.2 Å². The van der Waals surface area contributed by atoms with Gasteiger partial charge in [0, 0.05) is 16.8 Å². The number of amides is 1. The Morgan fingerprint density at radius 2 is 1.68 bits per heavy atom. The molecule has 0 aliphatic carbocycles. The zero-order chi connectivity index (χ0) is 25.0. The normalized spacial score (nSPS) is 12.1. The molecule has 0 spiro atoms. The van der Waals surface area contributed by atoms with E-state index >= 15 is 0 Å². The maximum Gasteiger partial charge on any atom is 0.263 e. The van der Waals surface area contributed by atoms with E-state index in [1.807, 2.05) is 19.9 Å². The average Bonchev–Trinajstić information content (AvgIpc) is 2.80. The predicted octanol–water partition coefficient (Wildman–Crippen LogP) is 5.27. The minimum absolute atomic E-state index is 0.00963. The van der Waals surface area contributed by atoms with Crippen molar-refractivity contribution in [3.05, 3.63) is 81.9 Å². The first-order chi connectivity index (χ1) is 16.1. The molecule has 3 aromatic carbocycles. The summed E-state index contributed by atoms with van der Waals surface area (Å²) in [6.45, 7) is 5.63. The van der Waals surface area contributed by atoms with Gasteiger partial charge in [0.2, 0.25) is 0 Å². The van der Waals surface area contributed by atoms with Gasteiger partial charge in [-0.15, -0.1) is 0 Å². The second kappa shape index (κ2) is 10.4. The van der Waals surface area contributed by atoms with E-state index in [1.165, 1.54) is 18.2 Å². The van der Waals surface area contributed by atoms with Crippen LogP contribution in [-0.4, -0.2) is 28.5 Å². The van der Waals surface area contributed by atoms with Gasteiger partial charge in [0.25, 0.3) is 15.9 Å². The van der Waals surface area contributed by atoms with E-state index in [0.717, 1.165) is 11.1 Å². The highest BCUT2D eigenvalue weighted by atomic mass is 35.5. The highest BCUT2D eigenvalue weighted by molar-refractivity contribution is 7.92. The number of hydrogen-bond donors (Lipinski definition) is 2. The van der Waals surface area contributed by atoms with Gasteiger partial charge in [-0.1, -0.05) is 17.7 Å². The van der Waals surface area contributed by atoms with Gasteiger partial charge in [0.1, 0.15) is 16.4 Å². The van der Waals surface area contributed by atoms with Crippen molar-refractivity contribution < 1.29 is 22.7 Å². The molecule has 0 aromatic heterocycles. The van der Waals surface area contributed by atoms with Crippen LogP contribution >= 0.6 is 11.6 Å². The van der Waals surface area contributed by atoms with Gasteiger partial charge in [0.15, 0.2) is 0 Å². The van der Waals surface area contributed by atoms with Crippen molar-refractivity contribution in [2.45, 2.75) is 31.7 Å². The van der Waals surface area contributed by atoms with E-state index in [4.69, 9.17) is 21.1 Å². The number of ether oxygens (including phenoxy) is 2. The molecule has 3 rings (SSSR count). The molecular weight excluding hydrogens is 476 g/mol. The fourth-order valence-electron chi connectivity index (χ4n) is 3.40. The Hall–Kier alpha value is -3.23. The molecule has 0 fully saturated rings. The highest BCUT2D eigenvalue weighted by Gasteiger charge is 2.22. The Balaban J connectivity index is 1.86. The third-order valence-corrected chi connectivity index (χ3v) is 7.36. The lowest BCUT2D eigenvalue weighted by atomic mass is 10.1. The lowest BCUT2D eigenvalue weighted by Crippen LogP contribution is -2.27. The Morgan fingerprint density at radius 1 is 0.941 bits per heavy atom. The van der Waals surface area contributed by atoms with E-state index in [0.29, 0.717) is 22.7 Å². The summed E-state index contributed by atoms with van der Waals surface area (Å²) in [5, 5.41) is 2.88. The van der Waals surface area contributed by atoms with E-state index in [9.17, 15) is 13.2 Å². The Kier molecular flexibility index (Phi) is 7.74. The van der Waals surface area contributed by atoms with Crippen LogP contribution in [0.25, 0.3) is 0 Å². The summed E-state index contributed by atoms with van der Waals surface area (Å²) in [5.74, 6) is 0.747. The monoisotopic (exact) mass is 502 g/mol. The number of anilines is 1. The lowest BCUT2D eigenvalue weighted by molar-refractivity contribution is 0.0939. The summed E-state index contributed by atoms with van der Waals surface area (Å²) in [6.07, 6.45) is 0. The molecule has 1 atom stereocenters. The minimum Gasteiger partial charge on any atom is -0.497 e. The zero-order valence-electron chi connectivity index (χ0n) is 19.6. The molecule has 1 amide bonds. The lowest BCUT2D eigenvalue weighted by Gasteiger charge is -2.19. The van der Waals surface area contributed by atoms with Crippen molar-refractivity contribution in [2.24, 2.45) is 0 Å². The standard InChI is InChI=1S/C25H27ClN2O5S/c1-15-6-8-19(12-16(15)2)28-34(30,31)24-13-18(7-10-22(24)26)25(29)27-17(3)21-14-20(32-4)9-11-23(21)33-5/h6-14,17,28H,1-5H3,(H,27,29). The van der Waals surface area contributed by atoms with Gasteiger partial charge in [0.05, 0.1) is 25.3 Å². The van der Waals surface area contributed by atoms with Crippen LogP contribution in [-0.2, 0) is 10.0 Å². The summed E-state index contributed by atoms with van der Waals surface area (Å²) >= 11 is 6.20. The van der Waals surface area contributed by atoms with E-state index in [2.05, 4.69) is 10.0 Å². The zero-order valence-corrected chi connectivity index (χ0v) is 21.2. The molecule has 0 aliphatic heterocycles. The molecular formula is C25H27ClN2O5S. The summed E-state index contributed by atoms with van der Waals surface area (Å²) in [5.41, 5.74) is 3.27. The van der Waals surface area contributed by atoms with Crippen molar-refractivity contribution in [2.75, 3.05) is 18.9 Å². The summed E-state index contributed by atoms with van der Waals surface area (Å²) in [4.78, 5) is 12.8. The highest BCUT2D eigenvalue weighted by Crippen LogP contribution is 2.30. The molecule has 180 valence electrons. The van der Waals surface area contributed by atoms with Gasteiger partial charge < -0.3 is 14.8 Å². The van der Waals surface area contributed by atoms with Gasteiger partial charge >= 0.3 is 0 Å². The molecule has 7 nitrogen and oxygen atoms in total. The van der Waals surface area contributed by atoms with Crippen LogP contribution in [0.15, 0.2) is 59.5 Å². The largest absolute Gasteiger partial charge is 0.497 e. The number of rotatable bonds is 8. The molecule has 0 bridgehead atoms. The number of carbonyl (C=O) groups is 1. The molecule has 3 aromatic rings. The summed E-state index contributed by atoms with van der Waals surface area (Å²) < 4.78 is 39.3. The number of nitrogens with one attached hydrogen (secondary N) is 2. The maximum absolute atomic E-state index is 13.0. The van der Waals surface area contributed by atoms with Gasteiger partial charge in [-0.3, -0.25) is 9.52 Å². The smallest absolute Gasteiger partial charge is 0.263 e. The van der Waals surface area contributed by atoms with Crippen LogP contribution < -0.4 is 19.5 Å². The Labute approximate surface area is 205 Å². The van der Waals surface area contributed by atoms with Gasteiger partial charge in [-0.25, -0.2) is 8.42 Å². The molecule has 34 heavy (non-hydrogen) atoms. The summed E-state index contributed by atoms with van der Waals surface area (Å²) in [6, 6.07) is 14.2. The fourth-order valence-corrected chi connectivity index (χ4v) is 4.98. The van der Waals surface area contributed by atoms with Crippen LogP contribution in [0.4, 0.5) is 5.69 Å². The number of aryl methyl sites for hydroxylation is 2. The van der Waals surface area contributed by atoms with E-state index < -0.39 is 22.0 Å². The third kappa shape index (κ3) is 5.63. The van der Waals surface area contributed by atoms with Crippen LogP contribution in [0.1, 0.15) is 40.0 Å². The van der Waals surface area contributed by atoms with Crippen LogP contribution in [0.5, 0.6) is 11.5 Å². The van der Waals surface area contributed by atoms with Crippen molar-refractivity contribution in [1.82, 2.24) is 5.32 Å². The Bertz CT molecular complexity index is 1320. The van der Waals surface area contributed by atoms with Crippen LogP contribution in [0.3, 0.4) is 0 Å². The van der Waals surface area contributed by atoms with Crippen LogP contribution in [0, 0.1) is 13.8 Å². The number of methoxy groups -OCH3 is 2. The van der Waals surface area contributed by atoms with Crippen LogP contribution in [0.2, 0.25) is 5.02 Å². The number of halogens is 1. The van der Waals surface area contributed by atoms with Crippen molar-refractivity contribution in [1.29, 1.82) is 0 Å². The van der Waals surface area contributed by atoms with Crippen molar-refractivity contribution in [3.8, 4) is 11.5 Å². The first kappa shape index (κ1) is 25.4. The number of carbonyl (C=O) groups excluding carboxylic acids is 1. The van der Waals surface area contributed by atoms with Crippen molar-refractivity contribution in [3.63, 3.8) is 0 Å². The molecule has 2 N–H and O–H groups in total. The van der Waals surface area contributed by atoms with E-state index in [-0.39, 0.29) is 15.5 Å². The third-order valence-electron chi connectivity index (χ3n) is 5.49. The SMILES string of the molecule is COc1ccc(OC)c(C(C)NC(=O)c2ccc(Cl)c(S(=O)(=O)Nc3ccc(C)c(C)c3)c2)c1.